The van der Waals surface area contributed by atoms with Gasteiger partial charge in [-0.3, -0.25) is 0 Å². The highest BCUT2D eigenvalue weighted by molar-refractivity contribution is 6.18. The maximum Gasteiger partial charge on any atom is 0.135 e. The molecule has 0 radical (unpaired) electrons. The number of aromatic nitrogens is 4. The third kappa shape index (κ3) is 13.8. The Hall–Kier alpha value is -19.7. The van der Waals surface area contributed by atoms with Crippen molar-refractivity contribution in [1.82, 2.24) is 18.3 Å². The average Bonchev–Trinajstić information content (AvgIpc) is 1.60. The molecule has 9 aromatic heterocycles. The lowest BCUT2D eigenvalue weighted by atomic mass is 9.95. The van der Waals surface area contributed by atoms with Crippen LogP contribution in [0.5, 0.6) is 0 Å². The summed E-state index contributed by atoms with van der Waals surface area (Å²) in [4.78, 5) is 0. The number of rotatable bonds is 11. The van der Waals surface area contributed by atoms with E-state index in [4.69, 9.17) is 22.1 Å². The summed E-state index contributed by atoms with van der Waals surface area (Å²) in [5.74, 6) is 0. The van der Waals surface area contributed by atoms with E-state index in [-0.39, 0.29) is 0 Å². The van der Waals surface area contributed by atoms with Gasteiger partial charge in [0.1, 0.15) is 55.8 Å². The summed E-state index contributed by atoms with van der Waals surface area (Å²) in [6.07, 6.45) is 0. The van der Waals surface area contributed by atoms with Crippen molar-refractivity contribution in [3.8, 4) is 101 Å². The minimum Gasteiger partial charge on any atom is -0.456 e. The molecule has 0 unspecified atom stereocenters. The zero-order valence-electron chi connectivity index (χ0n) is 79.3. The lowest BCUT2D eigenvalue weighted by Crippen LogP contribution is -1.94. The summed E-state index contributed by atoms with van der Waals surface area (Å²) in [5, 5.41) is 21.3. The van der Waals surface area contributed by atoms with Crippen LogP contribution in [0.3, 0.4) is 0 Å². The minimum absolute atomic E-state index is 0.885. The molecule has 9 heteroatoms. The number of hydrogen-bond donors (Lipinski definition) is 0. The summed E-state index contributed by atoms with van der Waals surface area (Å²) in [6, 6.07) is 182. The standard InChI is InChI=1S/C48H30N2O.C48H29NO2.C42H25NO2/c1-5-19-43-37(15-1)38-16-2-6-20-44(38)49(43)35-14-10-13-33(28-35)31-11-9-12-32(27-31)34-23-25-47-41(29-34)42-30-36(24-26-48(42)51-47)50-45-21-7-3-17-39(45)40-18-4-8-22-46(40)50;1-4-16-43-37(13-1)38-14-2-5-17-44(38)49(43)36-21-24-48-42(29-36)41-28-35(20-23-47(41)51-48)33-12-8-10-31(26-33)30-9-7-11-32(25-30)34-19-22-46-40(27-34)39-15-3-6-18-45(39)50-46;1-2-8-26(9-3-1)27-14-18-39-33(22-27)34-23-28(15-19-40(34)44-39)29-16-20-41-35(24-29)36-25-30(17-21-42(36)45-41)43-37-12-6-4-10-31(37)32-11-5-7-13-38(32)43/h1-30H;1-29H;1-25H. The molecule has 0 bridgehead atoms. The van der Waals surface area contributed by atoms with Crippen molar-refractivity contribution in [3.05, 3.63) is 510 Å². The van der Waals surface area contributed by atoms with Gasteiger partial charge in [-0.1, -0.05) is 297 Å². The van der Waals surface area contributed by atoms with Gasteiger partial charge in [-0.2, -0.15) is 0 Å². The van der Waals surface area contributed by atoms with E-state index >= 15 is 0 Å². The third-order valence-corrected chi connectivity index (χ3v) is 30.1. The molecule has 0 aliphatic rings. The molecule has 0 N–H and O–H groups in total. The smallest absolute Gasteiger partial charge is 0.135 e. The molecule has 32 rings (SSSR count). The lowest BCUT2D eigenvalue weighted by molar-refractivity contribution is 0.668. The van der Waals surface area contributed by atoms with Crippen molar-refractivity contribution in [2.75, 3.05) is 0 Å². The van der Waals surface area contributed by atoms with E-state index in [2.05, 4.69) is 510 Å². The van der Waals surface area contributed by atoms with Crippen LogP contribution >= 0.6 is 0 Å². The third-order valence-electron chi connectivity index (χ3n) is 30.1. The van der Waals surface area contributed by atoms with Crippen LogP contribution in [-0.2, 0) is 0 Å². The van der Waals surface area contributed by atoms with Crippen LogP contribution in [0.15, 0.2) is 532 Å². The maximum absolute atomic E-state index is 6.38. The monoisotopic (exact) mass is 1880 g/mol. The number of para-hydroxylation sites is 9. The second-order valence-corrected chi connectivity index (χ2v) is 38.5. The highest BCUT2D eigenvalue weighted by Crippen LogP contribution is 2.47. The molecule has 9 nitrogen and oxygen atoms in total. The second-order valence-electron chi connectivity index (χ2n) is 38.5. The van der Waals surface area contributed by atoms with Crippen molar-refractivity contribution < 1.29 is 22.1 Å². The van der Waals surface area contributed by atoms with Gasteiger partial charge in [-0.15, -0.1) is 0 Å². The van der Waals surface area contributed by atoms with E-state index in [1.54, 1.807) is 0 Å². The van der Waals surface area contributed by atoms with Gasteiger partial charge in [-0.05, 0) is 290 Å². The summed E-state index contributed by atoms with van der Waals surface area (Å²) >= 11 is 0. The van der Waals surface area contributed by atoms with Gasteiger partial charge in [0.15, 0.2) is 0 Å². The lowest BCUT2D eigenvalue weighted by Gasteiger charge is -2.11. The van der Waals surface area contributed by atoms with Gasteiger partial charge < -0.3 is 40.4 Å². The molecule has 0 aliphatic heterocycles. The highest BCUT2D eigenvalue weighted by Gasteiger charge is 2.24. The average molecular weight is 1880 g/mol. The molecular formula is C138H84N4O5. The second kappa shape index (κ2) is 33.5. The van der Waals surface area contributed by atoms with E-state index in [1.165, 1.54) is 143 Å². The van der Waals surface area contributed by atoms with Crippen molar-refractivity contribution in [2.45, 2.75) is 0 Å². The summed E-state index contributed by atoms with van der Waals surface area (Å²) < 4.78 is 40.9. The first kappa shape index (κ1) is 83.1. The van der Waals surface area contributed by atoms with E-state index in [1.807, 2.05) is 18.2 Å². The van der Waals surface area contributed by atoms with Crippen LogP contribution < -0.4 is 0 Å². The van der Waals surface area contributed by atoms with Gasteiger partial charge in [0.25, 0.3) is 0 Å². The number of furan rings is 5. The van der Waals surface area contributed by atoms with Crippen LogP contribution in [0, 0.1) is 0 Å². The topological polar surface area (TPSA) is 85.4 Å². The van der Waals surface area contributed by atoms with Crippen molar-refractivity contribution in [2.24, 2.45) is 0 Å². The van der Waals surface area contributed by atoms with Crippen LogP contribution in [0.4, 0.5) is 0 Å². The molecule has 0 fully saturated rings. The first-order chi connectivity index (χ1) is 72.8. The van der Waals surface area contributed by atoms with Gasteiger partial charge in [0.05, 0.1) is 44.1 Å². The quantitative estimate of drug-likeness (QED) is 0.129. The van der Waals surface area contributed by atoms with Crippen molar-refractivity contribution in [3.63, 3.8) is 0 Å². The van der Waals surface area contributed by atoms with Crippen LogP contribution in [-0.4, -0.2) is 18.3 Å². The van der Waals surface area contributed by atoms with Crippen LogP contribution in [0.25, 0.3) is 298 Å². The highest BCUT2D eigenvalue weighted by atomic mass is 16.3. The van der Waals surface area contributed by atoms with Crippen molar-refractivity contribution in [1.29, 1.82) is 0 Å². The fourth-order valence-corrected chi connectivity index (χ4v) is 23.2. The molecule has 9 heterocycles. The normalized spacial score (nSPS) is 11.9. The van der Waals surface area contributed by atoms with Gasteiger partial charge >= 0.3 is 0 Å². The summed E-state index contributed by atoms with van der Waals surface area (Å²) in [6.45, 7) is 0. The Kier molecular flexibility index (Phi) is 18.9. The fraction of sp³-hybridized carbons (Fsp3) is 0. The summed E-state index contributed by atoms with van der Waals surface area (Å²) in [7, 11) is 0. The Morgan fingerprint density at radius 1 is 0.0952 bits per heavy atom. The summed E-state index contributed by atoms with van der Waals surface area (Å²) in [5.41, 5.74) is 39.5. The first-order valence-corrected chi connectivity index (χ1v) is 50.0. The van der Waals surface area contributed by atoms with Crippen LogP contribution in [0.2, 0.25) is 0 Å². The fourth-order valence-electron chi connectivity index (χ4n) is 23.2. The number of hydrogen-bond acceptors (Lipinski definition) is 5. The SMILES string of the molecule is c1cc(-c2cccc(-c3ccc4oc5ccc(-n6c7ccccc7c7ccccc76)cc5c4c3)c2)cc(-c2ccc3oc4ccccc4c3c2)c1.c1cc(-c2cccc(-n3c4ccccc4c4ccccc43)c2)cc(-c2ccc3oc4ccc(-n5c6ccccc6c6ccccc65)cc4c3c2)c1.c1ccc(-c2ccc3oc4ccc(-c5ccc6oc7ccc(-n8c9ccccc9c9ccccc98)cc7c6c5)cc4c3c2)cc1. The number of nitrogens with zero attached hydrogens (tertiary/aromatic N) is 4. The molecule has 0 amide bonds. The zero-order chi connectivity index (χ0) is 96.4. The van der Waals surface area contributed by atoms with Gasteiger partial charge in [0.2, 0.25) is 0 Å². The Bertz CT molecular complexity index is 10800. The zero-order valence-corrected chi connectivity index (χ0v) is 79.3. The molecule has 0 atom stereocenters. The van der Waals surface area contributed by atoms with E-state index in [0.717, 1.165) is 155 Å². The molecule has 0 aliphatic carbocycles. The molecule has 0 spiro atoms. The molecule has 147 heavy (non-hydrogen) atoms. The van der Waals surface area contributed by atoms with Gasteiger partial charge in [0, 0.05) is 120 Å². The molecule has 0 saturated heterocycles. The Morgan fingerprint density at radius 2 is 0.265 bits per heavy atom. The molecule has 32 aromatic rings. The van der Waals surface area contributed by atoms with Gasteiger partial charge in [-0.25, -0.2) is 0 Å². The Morgan fingerprint density at radius 3 is 0.531 bits per heavy atom. The first-order valence-electron chi connectivity index (χ1n) is 50.0. The van der Waals surface area contributed by atoms with Crippen molar-refractivity contribution >= 4 is 197 Å². The molecule has 686 valence electrons. The number of fused-ring (bicyclic) bond motifs is 27. The van der Waals surface area contributed by atoms with Crippen LogP contribution in [0.1, 0.15) is 0 Å². The minimum atomic E-state index is 0.885. The predicted molar refractivity (Wildman–Crippen MR) is 611 cm³/mol. The predicted octanol–water partition coefficient (Wildman–Crippen LogP) is 38.6. The number of benzene rings is 23. The maximum atomic E-state index is 6.38. The Balaban J connectivity index is 0.000000102. The molecule has 23 aromatic carbocycles. The molecular weight excluding hydrogens is 1790 g/mol. The Labute approximate surface area is 841 Å². The largest absolute Gasteiger partial charge is 0.456 e. The van der Waals surface area contributed by atoms with E-state index in [9.17, 15) is 0 Å². The van der Waals surface area contributed by atoms with E-state index in [0.29, 0.717) is 0 Å². The molecule has 0 saturated carbocycles. The van der Waals surface area contributed by atoms with E-state index < -0.39 is 0 Å².